The molecular weight excluding hydrogens is 456 g/mol. The molecule has 0 fully saturated rings. The summed E-state index contributed by atoms with van der Waals surface area (Å²) >= 11 is 0. The lowest BCUT2D eigenvalue weighted by Crippen LogP contribution is -2.27. The number of hydrogen-bond donors (Lipinski definition) is 2. The lowest BCUT2D eigenvalue weighted by molar-refractivity contribution is -0.146. The van der Waals surface area contributed by atoms with E-state index >= 15 is 0 Å². The molecule has 0 aliphatic carbocycles. The van der Waals surface area contributed by atoms with Crippen LogP contribution >= 0.6 is 0 Å². The van der Waals surface area contributed by atoms with Crippen molar-refractivity contribution >= 4 is 11.9 Å². The molecule has 0 aliphatic rings. The molecule has 9 nitrogen and oxygen atoms in total. The number of aliphatic carboxylic acids is 2. The zero-order valence-corrected chi connectivity index (χ0v) is 20.2. The van der Waals surface area contributed by atoms with E-state index in [1.54, 1.807) is 48.5 Å². The third-order valence-corrected chi connectivity index (χ3v) is 4.86. The normalized spacial score (nSPS) is 12.4. The smallest absolute Gasteiger partial charge is 0.344 e. The Morgan fingerprint density at radius 3 is 1.37 bits per heavy atom. The Bertz CT molecular complexity index is 842. The number of benzene rings is 2. The average Bonchev–Trinajstić information content (AvgIpc) is 2.84. The fraction of sp³-hybridized carbons (Fsp3) is 0.462. The molecule has 0 spiro atoms. The quantitative estimate of drug-likeness (QED) is 0.292. The Kier molecular flexibility index (Phi) is 12.3. The molecule has 0 radical (unpaired) electrons. The first kappa shape index (κ1) is 27.8. The number of carboxylic acid groups (broad SMARTS) is 2. The Labute approximate surface area is 205 Å². The Morgan fingerprint density at radius 1 is 0.657 bits per heavy atom. The fourth-order valence-corrected chi connectivity index (χ4v) is 3.15. The molecule has 2 aromatic rings. The summed E-state index contributed by atoms with van der Waals surface area (Å²) in [6.07, 6.45) is 0.305. The molecule has 0 heterocycles. The van der Waals surface area contributed by atoms with Crippen molar-refractivity contribution in [3.05, 3.63) is 48.5 Å². The zero-order chi connectivity index (χ0) is 25.5. The van der Waals surface area contributed by atoms with Crippen LogP contribution in [0.2, 0.25) is 0 Å². The molecule has 192 valence electrons. The summed E-state index contributed by atoms with van der Waals surface area (Å²) in [5, 5.41) is 18.6. The molecule has 35 heavy (non-hydrogen) atoms. The minimum atomic E-state index is -1.01. The van der Waals surface area contributed by atoms with E-state index in [-0.39, 0.29) is 26.4 Å². The first-order valence-corrected chi connectivity index (χ1v) is 11.8. The second-order valence-electron chi connectivity index (χ2n) is 7.67. The van der Waals surface area contributed by atoms with E-state index in [1.807, 2.05) is 13.8 Å². The van der Waals surface area contributed by atoms with Gasteiger partial charge in [-0.15, -0.1) is 0 Å². The zero-order valence-electron chi connectivity index (χ0n) is 20.2. The minimum absolute atomic E-state index is 0.239. The molecule has 2 unspecified atom stereocenters. The SMILES string of the molecule is CCCC(Oc1ccccc1OCCOCCOc1ccccc1OC(CCC)C(=O)O)C(=O)O. The molecule has 0 saturated carbocycles. The lowest BCUT2D eigenvalue weighted by atomic mass is 10.2. The first-order chi connectivity index (χ1) is 17.0. The van der Waals surface area contributed by atoms with Crippen LogP contribution in [0.4, 0.5) is 0 Å². The average molecular weight is 491 g/mol. The van der Waals surface area contributed by atoms with Crippen LogP contribution in [0.5, 0.6) is 23.0 Å². The number of rotatable bonds is 18. The molecule has 2 N–H and O–H groups in total. The van der Waals surface area contributed by atoms with Crippen LogP contribution in [0.1, 0.15) is 39.5 Å². The largest absolute Gasteiger partial charge is 0.487 e. The van der Waals surface area contributed by atoms with Crippen molar-refractivity contribution in [3.8, 4) is 23.0 Å². The standard InChI is InChI=1S/C26H34O9/c1-3-9-23(25(27)28)34-21-13-7-5-11-19(21)32-17-15-31-16-18-33-20-12-6-8-14-22(20)35-24(10-4-2)26(29)30/h5-8,11-14,23-24H,3-4,9-10,15-18H2,1-2H3,(H,27,28)(H,29,30). The van der Waals surface area contributed by atoms with Gasteiger partial charge < -0.3 is 33.9 Å². The minimum Gasteiger partial charge on any atom is -0.487 e. The monoisotopic (exact) mass is 490 g/mol. The summed E-state index contributed by atoms with van der Waals surface area (Å²) < 4.78 is 28.2. The highest BCUT2D eigenvalue weighted by Crippen LogP contribution is 2.29. The van der Waals surface area contributed by atoms with Crippen molar-refractivity contribution in [2.45, 2.75) is 51.7 Å². The number of ether oxygens (including phenoxy) is 5. The lowest BCUT2D eigenvalue weighted by Gasteiger charge is -2.18. The van der Waals surface area contributed by atoms with Gasteiger partial charge in [0.05, 0.1) is 13.2 Å². The predicted molar refractivity (Wildman–Crippen MR) is 129 cm³/mol. The third-order valence-electron chi connectivity index (χ3n) is 4.86. The van der Waals surface area contributed by atoms with Gasteiger partial charge in [-0.3, -0.25) is 0 Å². The van der Waals surface area contributed by atoms with Gasteiger partial charge in [-0.05, 0) is 37.1 Å². The number of carbonyl (C=O) groups is 2. The number of carboxylic acids is 2. The summed E-state index contributed by atoms with van der Waals surface area (Å²) in [5.41, 5.74) is 0. The van der Waals surface area contributed by atoms with Crippen LogP contribution in [0.25, 0.3) is 0 Å². The van der Waals surface area contributed by atoms with E-state index in [0.29, 0.717) is 48.7 Å². The maximum atomic E-state index is 11.4. The maximum Gasteiger partial charge on any atom is 0.344 e. The van der Waals surface area contributed by atoms with Crippen molar-refractivity contribution in [1.82, 2.24) is 0 Å². The second-order valence-corrected chi connectivity index (χ2v) is 7.67. The van der Waals surface area contributed by atoms with E-state index in [4.69, 9.17) is 23.7 Å². The summed E-state index contributed by atoms with van der Waals surface area (Å²) in [6.45, 7) is 4.84. The van der Waals surface area contributed by atoms with Crippen molar-refractivity contribution in [2.24, 2.45) is 0 Å². The summed E-state index contributed by atoms with van der Waals surface area (Å²) in [4.78, 5) is 22.7. The molecule has 0 aromatic heterocycles. The van der Waals surface area contributed by atoms with Crippen molar-refractivity contribution < 1.29 is 43.5 Å². The van der Waals surface area contributed by atoms with Gasteiger partial charge in [0.2, 0.25) is 0 Å². The summed E-state index contributed by atoms with van der Waals surface area (Å²) in [7, 11) is 0. The highest BCUT2D eigenvalue weighted by atomic mass is 16.6. The first-order valence-electron chi connectivity index (χ1n) is 11.8. The van der Waals surface area contributed by atoms with Gasteiger partial charge in [0.25, 0.3) is 0 Å². The van der Waals surface area contributed by atoms with Gasteiger partial charge in [0, 0.05) is 0 Å². The molecular formula is C26H34O9. The maximum absolute atomic E-state index is 11.4. The molecule has 2 rings (SSSR count). The Morgan fingerprint density at radius 2 is 1.03 bits per heavy atom. The molecule has 0 saturated heterocycles. The van der Waals surface area contributed by atoms with Gasteiger partial charge in [-0.25, -0.2) is 9.59 Å². The number of para-hydroxylation sites is 4. The highest BCUT2D eigenvalue weighted by molar-refractivity contribution is 5.73. The van der Waals surface area contributed by atoms with Crippen molar-refractivity contribution in [1.29, 1.82) is 0 Å². The number of hydrogen-bond acceptors (Lipinski definition) is 7. The molecule has 0 amide bonds. The summed E-state index contributed by atoms with van der Waals surface area (Å²) in [5.74, 6) is -0.393. The molecule has 0 bridgehead atoms. The van der Waals surface area contributed by atoms with E-state index in [1.165, 1.54) is 0 Å². The van der Waals surface area contributed by atoms with E-state index in [0.717, 1.165) is 0 Å². The highest BCUT2D eigenvalue weighted by Gasteiger charge is 2.21. The van der Waals surface area contributed by atoms with Gasteiger partial charge in [-0.1, -0.05) is 51.0 Å². The summed E-state index contributed by atoms with van der Waals surface area (Å²) in [6, 6.07) is 13.8. The van der Waals surface area contributed by atoms with Gasteiger partial charge >= 0.3 is 11.9 Å². The van der Waals surface area contributed by atoms with Crippen LogP contribution in [0.15, 0.2) is 48.5 Å². The molecule has 0 aliphatic heterocycles. The van der Waals surface area contributed by atoms with Crippen LogP contribution in [0.3, 0.4) is 0 Å². The van der Waals surface area contributed by atoms with Gasteiger partial charge in [0.15, 0.2) is 35.2 Å². The Hall–Kier alpha value is -3.46. The van der Waals surface area contributed by atoms with E-state index < -0.39 is 24.1 Å². The van der Waals surface area contributed by atoms with Crippen molar-refractivity contribution in [3.63, 3.8) is 0 Å². The third kappa shape index (κ3) is 9.74. The van der Waals surface area contributed by atoms with Crippen LogP contribution in [0, 0.1) is 0 Å². The van der Waals surface area contributed by atoms with E-state index in [9.17, 15) is 19.8 Å². The van der Waals surface area contributed by atoms with Gasteiger partial charge in [-0.2, -0.15) is 0 Å². The van der Waals surface area contributed by atoms with Crippen LogP contribution in [-0.4, -0.2) is 60.8 Å². The van der Waals surface area contributed by atoms with Crippen molar-refractivity contribution in [2.75, 3.05) is 26.4 Å². The second kappa shape index (κ2) is 15.4. The molecule has 2 aromatic carbocycles. The molecule has 9 heteroatoms. The fourth-order valence-electron chi connectivity index (χ4n) is 3.15. The van der Waals surface area contributed by atoms with E-state index in [2.05, 4.69) is 0 Å². The Balaban J connectivity index is 1.76. The van der Waals surface area contributed by atoms with Crippen LogP contribution < -0.4 is 18.9 Å². The predicted octanol–water partition coefficient (Wildman–Crippen LogP) is 4.43. The topological polar surface area (TPSA) is 121 Å². The molecule has 2 atom stereocenters. The van der Waals surface area contributed by atoms with Crippen LogP contribution in [-0.2, 0) is 14.3 Å². The van der Waals surface area contributed by atoms with Gasteiger partial charge in [0.1, 0.15) is 13.2 Å².